The van der Waals surface area contributed by atoms with Crippen LogP contribution in [0.3, 0.4) is 0 Å². The first-order chi connectivity index (χ1) is 9.29. The van der Waals surface area contributed by atoms with Crippen molar-refractivity contribution in [3.8, 4) is 0 Å². The molecule has 0 saturated heterocycles. The van der Waals surface area contributed by atoms with Gasteiger partial charge in [-0.2, -0.15) is 5.10 Å². The van der Waals surface area contributed by atoms with Crippen molar-refractivity contribution in [1.82, 2.24) is 25.2 Å². The summed E-state index contributed by atoms with van der Waals surface area (Å²) in [5, 5.41) is 4.18. The second kappa shape index (κ2) is 4.75. The molecule has 0 spiro atoms. The molecule has 6 nitrogen and oxygen atoms in total. The van der Waals surface area contributed by atoms with Crippen molar-refractivity contribution >= 4 is 11.0 Å². The zero-order valence-electron chi connectivity index (χ0n) is 10.5. The zero-order chi connectivity index (χ0) is 13.2. The minimum absolute atomic E-state index is 0.158. The Morgan fingerprint density at radius 1 is 1.26 bits per heavy atom. The van der Waals surface area contributed by atoms with Crippen molar-refractivity contribution in [2.45, 2.75) is 6.04 Å². The highest BCUT2D eigenvalue weighted by molar-refractivity contribution is 5.78. The van der Waals surface area contributed by atoms with Crippen LogP contribution in [-0.2, 0) is 7.05 Å². The zero-order valence-corrected chi connectivity index (χ0v) is 10.5. The lowest BCUT2D eigenvalue weighted by Gasteiger charge is -2.15. The molecule has 3 rings (SSSR count). The first-order valence-electron chi connectivity index (χ1n) is 5.94. The van der Waals surface area contributed by atoms with E-state index in [4.69, 9.17) is 5.84 Å². The monoisotopic (exact) mass is 254 g/mol. The summed E-state index contributed by atoms with van der Waals surface area (Å²) in [4.78, 5) is 8.70. The molecule has 3 aromatic rings. The minimum Gasteiger partial charge on any atom is -0.275 e. The van der Waals surface area contributed by atoms with Crippen molar-refractivity contribution in [1.29, 1.82) is 0 Å². The molecule has 2 heterocycles. The van der Waals surface area contributed by atoms with Gasteiger partial charge in [-0.05, 0) is 6.07 Å². The van der Waals surface area contributed by atoms with Gasteiger partial charge in [0, 0.05) is 36.8 Å². The molecule has 0 aliphatic heterocycles. The van der Waals surface area contributed by atoms with Gasteiger partial charge in [-0.25, -0.2) is 5.43 Å². The van der Waals surface area contributed by atoms with Gasteiger partial charge in [-0.15, -0.1) is 0 Å². The first-order valence-corrected chi connectivity index (χ1v) is 5.94. The number of para-hydroxylation sites is 1. The summed E-state index contributed by atoms with van der Waals surface area (Å²) < 4.78 is 1.75. The average molecular weight is 254 g/mol. The van der Waals surface area contributed by atoms with E-state index in [-0.39, 0.29) is 6.04 Å². The summed E-state index contributed by atoms with van der Waals surface area (Å²) in [5.74, 6) is 5.70. The van der Waals surface area contributed by atoms with Gasteiger partial charge in [0.2, 0.25) is 0 Å². The molecule has 0 radical (unpaired) electrons. The SMILES string of the molecule is Cn1cc(C(NN)c2cccc3nccnc23)cn1. The largest absolute Gasteiger partial charge is 0.275 e. The molecular weight excluding hydrogens is 240 g/mol. The average Bonchev–Trinajstić information content (AvgIpc) is 2.86. The number of nitrogens with zero attached hydrogens (tertiary/aromatic N) is 4. The number of hydrazine groups is 1. The summed E-state index contributed by atoms with van der Waals surface area (Å²) >= 11 is 0. The van der Waals surface area contributed by atoms with E-state index in [1.807, 2.05) is 31.4 Å². The fourth-order valence-corrected chi connectivity index (χ4v) is 2.20. The summed E-state index contributed by atoms with van der Waals surface area (Å²) in [6.45, 7) is 0. The maximum absolute atomic E-state index is 5.70. The van der Waals surface area contributed by atoms with Gasteiger partial charge >= 0.3 is 0 Å². The van der Waals surface area contributed by atoms with Gasteiger partial charge in [0.1, 0.15) is 0 Å². The fourth-order valence-electron chi connectivity index (χ4n) is 2.20. The van der Waals surface area contributed by atoms with Crippen molar-refractivity contribution in [3.63, 3.8) is 0 Å². The molecule has 0 fully saturated rings. The molecule has 19 heavy (non-hydrogen) atoms. The minimum atomic E-state index is -0.158. The normalized spacial score (nSPS) is 12.7. The highest BCUT2D eigenvalue weighted by Gasteiger charge is 2.17. The number of benzene rings is 1. The van der Waals surface area contributed by atoms with Crippen LogP contribution < -0.4 is 11.3 Å². The number of hydrogen-bond acceptors (Lipinski definition) is 5. The number of nitrogens with one attached hydrogen (secondary N) is 1. The lowest BCUT2D eigenvalue weighted by atomic mass is 10.0. The third kappa shape index (κ3) is 2.07. The van der Waals surface area contributed by atoms with Crippen LogP contribution in [0.25, 0.3) is 11.0 Å². The molecule has 0 aliphatic carbocycles. The van der Waals surface area contributed by atoms with Gasteiger partial charge < -0.3 is 0 Å². The maximum atomic E-state index is 5.70. The third-order valence-corrected chi connectivity index (χ3v) is 3.07. The predicted molar refractivity (Wildman–Crippen MR) is 71.9 cm³/mol. The third-order valence-electron chi connectivity index (χ3n) is 3.07. The smallest absolute Gasteiger partial charge is 0.0938 e. The van der Waals surface area contributed by atoms with E-state index in [9.17, 15) is 0 Å². The Balaban J connectivity index is 2.16. The molecule has 96 valence electrons. The molecule has 3 N–H and O–H groups in total. The Bertz CT molecular complexity index is 700. The Kier molecular flexibility index (Phi) is 2.94. The maximum Gasteiger partial charge on any atom is 0.0938 e. The second-order valence-electron chi connectivity index (χ2n) is 4.32. The molecular formula is C13H14N6. The van der Waals surface area contributed by atoms with Gasteiger partial charge in [-0.3, -0.25) is 20.5 Å². The Hall–Kier alpha value is -2.31. The topological polar surface area (TPSA) is 81.7 Å². The van der Waals surface area contributed by atoms with Crippen LogP contribution in [0.15, 0.2) is 43.0 Å². The van der Waals surface area contributed by atoms with Crippen LogP contribution in [0.4, 0.5) is 0 Å². The van der Waals surface area contributed by atoms with E-state index in [0.717, 1.165) is 22.2 Å². The van der Waals surface area contributed by atoms with Crippen molar-refractivity contribution in [2.24, 2.45) is 12.9 Å². The molecule has 0 amide bonds. The van der Waals surface area contributed by atoms with Crippen LogP contribution in [0.2, 0.25) is 0 Å². The molecule has 6 heteroatoms. The summed E-state index contributed by atoms with van der Waals surface area (Å²) in [5.41, 5.74) is 6.49. The quantitative estimate of drug-likeness (QED) is 0.536. The fraction of sp³-hybridized carbons (Fsp3) is 0.154. The molecule has 1 atom stereocenters. The van der Waals surface area contributed by atoms with E-state index < -0.39 is 0 Å². The van der Waals surface area contributed by atoms with E-state index in [1.165, 1.54) is 0 Å². The Labute approximate surface area is 110 Å². The number of rotatable bonds is 3. The number of aromatic nitrogens is 4. The van der Waals surface area contributed by atoms with E-state index in [2.05, 4.69) is 20.5 Å². The molecule has 1 unspecified atom stereocenters. The molecule has 1 aromatic carbocycles. The summed E-state index contributed by atoms with van der Waals surface area (Å²) in [6, 6.07) is 5.72. The van der Waals surface area contributed by atoms with Gasteiger partial charge in [0.25, 0.3) is 0 Å². The van der Waals surface area contributed by atoms with Crippen LogP contribution in [0, 0.1) is 0 Å². The van der Waals surface area contributed by atoms with E-state index in [1.54, 1.807) is 23.3 Å². The first kappa shape index (κ1) is 11.8. The lowest BCUT2D eigenvalue weighted by Crippen LogP contribution is -2.28. The van der Waals surface area contributed by atoms with Crippen LogP contribution in [0.5, 0.6) is 0 Å². The Morgan fingerprint density at radius 2 is 2.11 bits per heavy atom. The van der Waals surface area contributed by atoms with E-state index >= 15 is 0 Å². The van der Waals surface area contributed by atoms with Crippen molar-refractivity contribution in [3.05, 3.63) is 54.1 Å². The van der Waals surface area contributed by atoms with Crippen molar-refractivity contribution in [2.75, 3.05) is 0 Å². The van der Waals surface area contributed by atoms with Crippen molar-refractivity contribution < 1.29 is 0 Å². The molecule has 0 saturated carbocycles. The Morgan fingerprint density at radius 3 is 2.84 bits per heavy atom. The molecule has 2 aromatic heterocycles. The van der Waals surface area contributed by atoms with Crippen LogP contribution in [0.1, 0.15) is 17.2 Å². The lowest BCUT2D eigenvalue weighted by molar-refractivity contribution is 0.638. The van der Waals surface area contributed by atoms with Crippen LogP contribution >= 0.6 is 0 Å². The predicted octanol–water partition coefficient (Wildman–Crippen LogP) is 0.916. The second-order valence-corrected chi connectivity index (χ2v) is 4.32. The number of nitrogens with two attached hydrogens (primary N) is 1. The standard InChI is InChI=1S/C13H14N6/c1-19-8-9(7-17-19)12(18-14)10-3-2-4-11-13(10)16-6-5-15-11/h2-8,12,18H,14H2,1H3. The van der Waals surface area contributed by atoms with Gasteiger partial charge in [-0.1, -0.05) is 12.1 Å². The van der Waals surface area contributed by atoms with Gasteiger partial charge in [0.15, 0.2) is 0 Å². The highest BCUT2D eigenvalue weighted by atomic mass is 15.3. The summed E-state index contributed by atoms with van der Waals surface area (Å²) in [6.07, 6.45) is 7.09. The number of aryl methyl sites for hydroxylation is 1. The highest BCUT2D eigenvalue weighted by Crippen LogP contribution is 2.25. The summed E-state index contributed by atoms with van der Waals surface area (Å²) in [7, 11) is 1.87. The van der Waals surface area contributed by atoms with Crippen LogP contribution in [-0.4, -0.2) is 19.7 Å². The molecule has 0 aliphatic rings. The number of fused-ring (bicyclic) bond motifs is 1. The van der Waals surface area contributed by atoms with Gasteiger partial charge in [0.05, 0.1) is 23.3 Å². The van der Waals surface area contributed by atoms with E-state index in [0.29, 0.717) is 0 Å². The number of hydrogen-bond donors (Lipinski definition) is 2. The molecule has 0 bridgehead atoms.